The van der Waals surface area contributed by atoms with Crippen LogP contribution in [0, 0.1) is 5.92 Å². The lowest BCUT2D eigenvalue weighted by Crippen LogP contribution is -2.53. The highest BCUT2D eigenvalue weighted by Crippen LogP contribution is 2.22. The van der Waals surface area contributed by atoms with E-state index in [1.165, 1.54) is 0 Å². The van der Waals surface area contributed by atoms with Crippen LogP contribution in [0.3, 0.4) is 0 Å². The van der Waals surface area contributed by atoms with E-state index in [9.17, 15) is 30.3 Å². The molecule has 2 aliphatic heterocycles. The maximum Gasteiger partial charge on any atom is 0.308 e. The lowest BCUT2D eigenvalue weighted by Gasteiger charge is -2.35. The first-order valence-electron chi connectivity index (χ1n) is 10.7. The summed E-state index contributed by atoms with van der Waals surface area (Å²) in [5, 5.41) is 57.8. The first-order chi connectivity index (χ1) is 15.1. The molecule has 0 spiro atoms. The Morgan fingerprint density at radius 1 is 1.34 bits per heavy atom. The number of carboxylic acids is 1. The van der Waals surface area contributed by atoms with Crippen molar-refractivity contribution >= 4 is 11.9 Å². The number of allylic oxidation sites excluding steroid dienone is 1. The molecule has 12 heteroatoms. The van der Waals surface area contributed by atoms with Gasteiger partial charge in [0.15, 0.2) is 12.2 Å². The van der Waals surface area contributed by atoms with Crippen molar-refractivity contribution in [2.75, 3.05) is 32.9 Å². The van der Waals surface area contributed by atoms with E-state index >= 15 is 0 Å². The molecular formula is C20H35N3O9. The molecule has 8 N–H and O–H groups in total. The second-order valence-corrected chi connectivity index (χ2v) is 8.25. The smallest absolute Gasteiger partial charge is 0.308 e. The molecule has 0 saturated carbocycles. The summed E-state index contributed by atoms with van der Waals surface area (Å²) in [4.78, 5) is 17.6. The van der Waals surface area contributed by atoms with Gasteiger partial charge >= 0.3 is 5.97 Å². The highest BCUT2D eigenvalue weighted by atomic mass is 16.7. The van der Waals surface area contributed by atoms with Gasteiger partial charge in [0.05, 0.1) is 37.9 Å². The van der Waals surface area contributed by atoms with E-state index in [1.807, 2.05) is 0 Å². The number of carboxylic acid groups (broad SMARTS) is 1. The fourth-order valence-electron chi connectivity index (χ4n) is 3.64. The third-order valence-corrected chi connectivity index (χ3v) is 5.65. The number of hydrogen-bond acceptors (Lipinski definition) is 11. The van der Waals surface area contributed by atoms with Gasteiger partial charge in [-0.1, -0.05) is 11.6 Å². The van der Waals surface area contributed by atoms with E-state index in [4.69, 9.17) is 20.3 Å². The molecule has 184 valence electrons. The molecule has 0 bridgehead atoms. The number of aliphatic hydroxyl groups is 5. The van der Waals surface area contributed by atoms with E-state index in [0.717, 1.165) is 5.57 Å². The number of aliphatic hydroxyl groups excluding tert-OH is 5. The van der Waals surface area contributed by atoms with Crippen LogP contribution in [0.25, 0.3) is 0 Å². The molecule has 32 heavy (non-hydrogen) atoms. The number of carbonyl (C=O) groups is 1. The lowest BCUT2D eigenvalue weighted by atomic mass is 9.94. The van der Waals surface area contributed by atoms with Crippen LogP contribution < -0.4 is 5.73 Å². The van der Waals surface area contributed by atoms with Gasteiger partial charge in [-0.15, -0.1) is 0 Å². The summed E-state index contributed by atoms with van der Waals surface area (Å²) in [6, 6.07) is -0.544. The molecule has 2 aliphatic rings. The quantitative estimate of drug-likeness (QED) is 0.153. The highest BCUT2D eigenvalue weighted by Gasteiger charge is 2.38. The van der Waals surface area contributed by atoms with Crippen LogP contribution in [-0.2, 0) is 14.3 Å². The Morgan fingerprint density at radius 3 is 2.72 bits per heavy atom. The fourth-order valence-corrected chi connectivity index (χ4v) is 3.64. The Labute approximate surface area is 186 Å². The third kappa shape index (κ3) is 7.37. The molecule has 0 aromatic carbocycles. The number of aliphatic imine (C=N–C) groups is 1. The summed E-state index contributed by atoms with van der Waals surface area (Å²) >= 11 is 0. The number of nitrogens with two attached hydrogens (primary N) is 1. The van der Waals surface area contributed by atoms with Crippen molar-refractivity contribution in [2.45, 2.75) is 62.9 Å². The zero-order valence-electron chi connectivity index (χ0n) is 18.2. The van der Waals surface area contributed by atoms with Crippen LogP contribution in [0.15, 0.2) is 16.6 Å². The molecule has 7 atom stereocenters. The Balaban J connectivity index is 1.78. The van der Waals surface area contributed by atoms with Gasteiger partial charge in [0.25, 0.3) is 0 Å². The van der Waals surface area contributed by atoms with E-state index in [-0.39, 0.29) is 45.3 Å². The van der Waals surface area contributed by atoms with Crippen molar-refractivity contribution in [1.82, 2.24) is 4.90 Å². The number of aliphatic carboxylic acids is 1. The van der Waals surface area contributed by atoms with Gasteiger partial charge in [0, 0.05) is 13.1 Å². The summed E-state index contributed by atoms with van der Waals surface area (Å²) in [5.74, 6) is -1.56. The molecule has 2 rings (SSSR count). The van der Waals surface area contributed by atoms with Gasteiger partial charge in [-0.25, -0.2) is 4.99 Å². The monoisotopic (exact) mass is 461 g/mol. The van der Waals surface area contributed by atoms with Crippen molar-refractivity contribution in [1.29, 1.82) is 0 Å². The molecule has 0 radical (unpaired) electrons. The molecule has 0 aliphatic carbocycles. The number of β-amino-alcohol motifs (C(OH)–C–C–N with tert-alkyl or cyclic N) is 1. The summed E-state index contributed by atoms with van der Waals surface area (Å²) in [7, 11) is 0. The van der Waals surface area contributed by atoms with Crippen LogP contribution in [0.5, 0.6) is 0 Å². The standard InChI is InChI=1S/C20H35N3O9/c1-11(9-24)3-2-4-13(18(29)30)14-8-23(20(21)22-14)7-12(25)5-6-31-19-17(28)16(27)15(26)10-32-19/h3,12-17,19,24-28H,2,4-10H2,1H3,(H2,21,22)(H,29,30). The maximum atomic E-state index is 11.7. The van der Waals surface area contributed by atoms with E-state index in [1.54, 1.807) is 17.9 Å². The molecule has 0 aromatic rings. The molecule has 12 nitrogen and oxygen atoms in total. The minimum absolute atomic E-state index is 0.0221. The molecule has 1 saturated heterocycles. The van der Waals surface area contributed by atoms with Gasteiger partial charge in [-0.05, 0) is 26.2 Å². The maximum absolute atomic E-state index is 11.7. The van der Waals surface area contributed by atoms with E-state index in [2.05, 4.69) is 4.99 Å². The third-order valence-electron chi connectivity index (χ3n) is 5.65. The number of rotatable bonds is 12. The Hall–Kier alpha value is -1.80. The molecule has 7 unspecified atom stereocenters. The van der Waals surface area contributed by atoms with Crippen LogP contribution in [-0.4, -0.2) is 117 Å². The van der Waals surface area contributed by atoms with Gasteiger partial charge < -0.3 is 50.7 Å². The predicted molar refractivity (Wildman–Crippen MR) is 113 cm³/mol. The van der Waals surface area contributed by atoms with E-state index in [0.29, 0.717) is 12.8 Å². The number of guanidine groups is 1. The van der Waals surface area contributed by atoms with Crippen molar-refractivity contribution in [3.63, 3.8) is 0 Å². The van der Waals surface area contributed by atoms with Gasteiger partial charge in [0.1, 0.15) is 18.3 Å². The Kier molecular flexibility index (Phi) is 10.3. The highest BCUT2D eigenvalue weighted by molar-refractivity contribution is 5.81. The minimum Gasteiger partial charge on any atom is -0.481 e. The SMILES string of the molecule is CC(=CCCC(C(=O)O)C1CN(CC(O)CCOC2OCC(O)C(O)C2O)C(N)=N1)CO. The van der Waals surface area contributed by atoms with Crippen LogP contribution in [0.2, 0.25) is 0 Å². The molecule has 0 amide bonds. The summed E-state index contributed by atoms with van der Waals surface area (Å²) < 4.78 is 10.5. The number of nitrogens with zero attached hydrogens (tertiary/aromatic N) is 2. The average Bonchev–Trinajstić information content (AvgIpc) is 3.10. The van der Waals surface area contributed by atoms with Crippen molar-refractivity contribution < 1.29 is 44.9 Å². The van der Waals surface area contributed by atoms with E-state index < -0.39 is 48.6 Å². The average molecular weight is 462 g/mol. The zero-order valence-corrected chi connectivity index (χ0v) is 18.2. The topological polar surface area (TPSA) is 199 Å². The summed E-state index contributed by atoms with van der Waals surface area (Å²) in [5.41, 5.74) is 6.71. The minimum atomic E-state index is -1.40. The van der Waals surface area contributed by atoms with Crippen LogP contribution in [0.4, 0.5) is 0 Å². The van der Waals surface area contributed by atoms with Crippen molar-refractivity contribution in [2.24, 2.45) is 16.6 Å². The van der Waals surface area contributed by atoms with Gasteiger partial charge in [-0.3, -0.25) is 4.79 Å². The second-order valence-electron chi connectivity index (χ2n) is 8.25. The molecule has 0 aromatic heterocycles. The first kappa shape index (κ1) is 26.5. The van der Waals surface area contributed by atoms with Crippen LogP contribution >= 0.6 is 0 Å². The fraction of sp³-hybridized carbons (Fsp3) is 0.800. The largest absolute Gasteiger partial charge is 0.481 e. The number of hydrogen-bond donors (Lipinski definition) is 7. The summed E-state index contributed by atoms with van der Waals surface area (Å²) in [6.07, 6.45) is -3.12. The van der Waals surface area contributed by atoms with Gasteiger partial charge in [0.2, 0.25) is 0 Å². The Bertz CT molecular complexity index is 675. The van der Waals surface area contributed by atoms with Crippen molar-refractivity contribution in [3.8, 4) is 0 Å². The molecular weight excluding hydrogens is 426 g/mol. The zero-order chi connectivity index (χ0) is 23.8. The van der Waals surface area contributed by atoms with Crippen molar-refractivity contribution in [3.05, 3.63) is 11.6 Å². The predicted octanol–water partition coefficient (Wildman–Crippen LogP) is -2.39. The lowest BCUT2D eigenvalue weighted by molar-refractivity contribution is -0.270. The Morgan fingerprint density at radius 2 is 2.06 bits per heavy atom. The normalized spacial score (nSPS) is 30.8. The molecule has 2 heterocycles. The molecule has 1 fully saturated rings. The number of ether oxygens (including phenoxy) is 2. The first-order valence-corrected chi connectivity index (χ1v) is 10.7. The van der Waals surface area contributed by atoms with Crippen LogP contribution in [0.1, 0.15) is 26.2 Å². The summed E-state index contributed by atoms with van der Waals surface area (Å²) in [6.45, 7) is 1.93. The second kappa shape index (κ2) is 12.4. The van der Waals surface area contributed by atoms with Gasteiger partial charge in [-0.2, -0.15) is 0 Å².